The van der Waals surface area contributed by atoms with Gasteiger partial charge in [0.2, 0.25) is 0 Å². The summed E-state index contributed by atoms with van der Waals surface area (Å²) < 4.78 is 3.14. The highest BCUT2D eigenvalue weighted by molar-refractivity contribution is 5.94. The Labute approximate surface area is 113 Å². The van der Waals surface area contributed by atoms with Crippen molar-refractivity contribution in [1.82, 2.24) is 9.38 Å². The van der Waals surface area contributed by atoms with Crippen molar-refractivity contribution in [3.63, 3.8) is 0 Å². The fourth-order valence-electron chi connectivity index (χ4n) is 2.57. The van der Waals surface area contributed by atoms with E-state index >= 15 is 0 Å². The maximum atomic E-state index is 4.78. The van der Waals surface area contributed by atoms with Gasteiger partial charge in [0.15, 0.2) is 0 Å². The molecule has 98 valence electrons. The van der Waals surface area contributed by atoms with Crippen LogP contribution in [-0.2, 0) is 6.54 Å². The van der Waals surface area contributed by atoms with E-state index in [2.05, 4.69) is 69.0 Å². The lowest BCUT2D eigenvalue weighted by molar-refractivity contribution is -0.884. The lowest BCUT2D eigenvalue weighted by atomic mass is 10.2. The Bertz CT molecular complexity index is 748. The second-order valence-corrected chi connectivity index (χ2v) is 6.19. The molecule has 0 saturated carbocycles. The fourth-order valence-corrected chi connectivity index (χ4v) is 2.57. The molecular formula is C16H20N3+. The molecule has 0 aliphatic carbocycles. The molecule has 0 unspecified atom stereocenters. The lowest BCUT2D eigenvalue weighted by Crippen LogP contribution is -2.34. The third-order valence-electron chi connectivity index (χ3n) is 3.44. The molecule has 3 rings (SSSR count). The summed E-state index contributed by atoms with van der Waals surface area (Å²) in [6.45, 7) is 3.08. The summed E-state index contributed by atoms with van der Waals surface area (Å²) in [6.07, 6.45) is 2.14. The number of benzene rings is 1. The number of hydrogen-bond acceptors (Lipinski definition) is 1. The quantitative estimate of drug-likeness (QED) is 0.643. The first-order chi connectivity index (χ1) is 8.96. The predicted molar refractivity (Wildman–Crippen MR) is 79.2 cm³/mol. The molecule has 0 amide bonds. The van der Waals surface area contributed by atoms with Crippen LogP contribution in [0.15, 0.2) is 36.5 Å². The third-order valence-corrected chi connectivity index (χ3v) is 3.44. The first kappa shape index (κ1) is 12.2. The van der Waals surface area contributed by atoms with Crippen molar-refractivity contribution >= 4 is 16.4 Å². The number of quaternary nitrogens is 1. The molecule has 0 aliphatic heterocycles. The van der Waals surface area contributed by atoms with Crippen LogP contribution in [0.2, 0.25) is 0 Å². The molecule has 0 radical (unpaired) electrons. The van der Waals surface area contributed by atoms with E-state index in [0.29, 0.717) is 0 Å². The van der Waals surface area contributed by atoms with Crippen molar-refractivity contribution in [3.8, 4) is 0 Å². The zero-order chi connectivity index (χ0) is 13.6. The minimum atomic E-state index is 0.904. The Morgan fingerprint density at radius 2 is 1.84 bits per heavy atom. The van der Waals surface area contributed by atoms with Crippen LogP contribution in [0, 0.1) is 6.92 Å². The highest BCUT2D eigenvalue weighted by Gasteiger charge is 2.17. The average molecular weight is 254 g/mol. The molecule has 0 aliphatic rings. The monoisotopic (exact) mass is 254 g/mol. The number of imidazole rings is 1. The fraction of sp³-hybridized carbons (Fsp3) is 0.312. The molecule has 3 aromatic rings. The number of aromatic nitrogens is 2. The Hall–Kier alpha value is -1.87. The number of hydrogen-bond donors (Lipinski definition) is 0. The summed E-state index contributed by atoms with van der Waals surface area (Å²) >= 11 is 0. The maximum Gasteiger partial charge on any atom is 0.145 e. The standard InChI is InChI=1S/C16H20N3/c1-12-15(11-19(2,3)4)18-10-9-13-7-5-6-8-14(13)16(18)17-12/h5-10H,11H2,1-4H3/q+1. The molecule has 2 aromatic heterocycles. The van der Waals surface area contributed by atoms with Gasteiger partial charge in [0.1, 0.15) is 17.9 Å². The van der Waals surface area contributed by atoms with Crippen molar-refractivity contribution in [2.75, 3.05) is 21.1 Å². The largest absolute Gasteiger partial charge is 0.326 e. The van der Waals surface area contributed by atoms with Crippen LogP contribution in [0.3, 0.4) is 0 Å². The van der Waals surface area contributed by atoms with Crippen LogP contribution in [0.4, 0.5) is 0 Å². The molecule has 3 heteroatoms. The van der Waals surface area contributed by atoms with E-state index in [1.807, 2.05) is 0 Å². The number of fused-ring (bicyclic) bond motifs is 3. The van der Waals surface area contributed by atoms with Crippen molar-refractivity contribution in [1.29, 1.82) is 0 Å². The summed E-state index contributed by atoms with van der Waals surface area (Å²) in [5.74, 6) is 0. The van der Waals surface area contributed by atoms with Crippen LogP contribution in [0.5, 0.6) is 0 Å². The van der Waals surface area contributed by atoms with Gasteiger partial charge in [-0.3, -0.25) is 4.40 Å². The normalized spacial score (nSPS) is 12.4. The molecule has 0 N–H and O–H groups in total. The molecule has 1 aromatic carbocycles. The molecule has 3 nitrogen and oxygen atoms in total. The first-order valence-electron chi connectivity index (χ1n) is 6.61. The van der Waals surface area contributed by atoms with E-state index in [-0.39, 0.29) is 0 Å². The second-order valence-electron chi connectivity index (χ2n) is 6.19. The van der Waals surface area contributed by atoms with Crippen LogP contribution < -0.4 is 0 Å². The van der Waals surface area contributed by atoms with Gasteiger partial charge < -0.3 is 4.48 Å². The smallest absolute Gasteiger partial charge is 0.145 e. The summed E-state index contributed by atoms with van der Waals surface area (Å²) in [7, 11) is 6.62. The van der Waals surface area contributed by atoms with Crippen molar-refractivity contribution in [2.45, 2.75) is 13.5 Å². The highest BCUT2D eigenvalue weighted by Crippen LogP contribution is 2.23. The van der Waals surface area contributed by atoms with Gasteiger partial charge in [0.25, 0.3) is 0 Å². The van der Waals surface area contributed by atoms with E-state index in [1.54, 1.807) is 0 Å². The van der Waals surface area contributed by atoms with Crippen molar-refractivity contribution < 1.29 is 4.48 Å². The number of nitrogens with zero attached hydrogens (tertiary/aromatic N) is 3. The molecule has 19 heavy (non-hydrogen) atoms. The minimum absolute atomic E-state index is 0.904. The van der Waals surface area contributed by atoms with E-state index in [0.717, 1.165) is 22.4 Å². The summed E-state index contributed by atoms with van der Waals surface area (Å²) in [4.78, 5) is 4.78. The van der Waals surface area contributed by atoms with Crippen LogP contribution in [0.25, 0.3) is 16.4 Å². The van der Waals surface area contributed by atoms with Gasteiger partial charge in [-0.25, -0.2) is 4.98 Å². The zero-order valence-electron chi connectivity index (χ0n) is 12.0. The Morgan fingerprint density at radius 3 is 2.58 bits per heavy atom. The SMILES string of the molecule is Cc1nc2c3ccccc3ccn2c1C[N+](C)(C)C. The van der Waals surface area contributed by atoms with Crippen LogP contribution in [-0.4, -0.2) is 35.0 Å². The van der Waals surface area contributed by atoms with Crippen LogP contribution >= 0.6 is 0 Å². The highest BCUT2D eigenvalue weighted by atomic mass is 15.3. The van der Waals surface area contributed by atoms with E-state index < -0.39 is 0 Å². The van der Waals surface area contributed by atoms with E-state index in [4.69, 9.17) is 4.98 Å². The Morgan fingerprint density at radius 1 is 1.11 bits per heavy atom. The third kappa shape index (κ3) is 2.10. The average Bonchev–Trinajstić information content (AvgIpc) is 2.65. The van der Waals surface area contributed by atoms with Gasteiger partial charge >= 0.3 is 0 Å². The second kappa shape index (κ2) is 4.07. The number of aryl methyl sites for hydroxylation is 1. The minimum Gasteiger partial charge on any atom is -0.326 e. The van der Waals surface area contributed by atoms with E-state index in [1.165, 1.54) is 16.5 Å². The van der Waals surface area contributed by atoms with Gasteiger partial charge in [-0.2, -0.15) is 0 Å². The molecule has 2 heterocycles. The Kier molecular flexibility index (Phi) is 2.61. The van der Waals surface area contributed by atoms with Gasteiger partial charge in [-0.05, 0) is 18.4 Å². The maximum absolute atomic E-state index is 4.78. The van der Waals surface area contributed by atoms with Crippen molar-refractivity contribution in [3.05, 3.63) is 47.9 Å². The summed E-state index contributed by atoms with van der Waals surface area (Å²) in [5.41, 5.74) is 3.50. The van der Waals surface area contributed by atoms with E-state index in [9.17, 15) is 0 Å². The van der Waals surface area contributed by atoms with Gasteiger partial charge in [0.05, 0.1) is 26.8 Å². The summed E-state index contributed by atoms with van der Waals surface area (Å²) in [5, 5.41) is 2.47. The zero-order valence-corrected chi connectivity index (χ0v) is 12.0. The predicted octanol–water partition coefficient (Wildman–Crippen LogP) is 3.00. The molecule has 0 spiro atoms. The number of pyridine rings is 1. The van der Waals surface area contributed by atoms with Gasteiger partial charge in [-0.15, -0.1) is 0 Å². The molecule has 0 saturated heterocycles. The lowest BCUT2D eigenvalue weighted by Gasteiger charge is -2.23. The molecule has 0 fully saturated rings. The summed E-state index contributed by atoms with van der Waals surface area (Å²) in [6, 6.07) is 10.6. The van der Waals surface area contributed by atoms with Gasteiger partial charge in [0, 0.05) is 11.6 Å². The Balaban J connectivity index is 2.30. The molecule has 0 atom stereocenters. The topological polar surface area (TPSA) is 17.3 Å². The molecule has 0 bridgehead atoms. The van der Waals surface area contributed by atoms with Crippen molar-refractivity contribution in [2.24, 2.45) is 0 Å². The van der Waals surface area contributed by atoms with Crippen LogP contribution in [0.1, 0.15) is 11.4 Å². The first-order valence-corrected chi connectivity index (χ1v) is 6.61. The van der Waals surface area contributed by atoms with Gasteiger partial charge in [-0.1, -0.05) is 24.3 Å². The number of rotatable bonds is 2. The molecular weight excluding hydrogens is 234 g/mol.